The summed E-state index contributed by atoms with van der Waals surface area (Å²) in [6.07, 6.45) is 2.50. The van der Waals surface area contributed by atoms with E-state index < -0.39 is 0 Å². The number of aromatic nitrogens is 6. The van der Waals surface area contributed by atoms with Crippen LogP contribution in [0.15, 0.2) is 419 Å². The summed E-state index contributed by atoms with van der Waals surface area (Å²) < 4.78 is 26.3. The summed E-state index contributed by atoms with van der Waals surface area (Å²) in [4.78, 5) is 14.9. The maximum atomic E-state index is 6.47. The first-order valence-electron chi connectivity index (χ1n) is 47.9. The van der Waals surface area contributed by atoms with Crippen molar-refractivity contribution in [1.29, 1.82) is 0 Å². The molecule has 0 N–H and O–H groups in total. The highest BCUT2D eigenvalue weighted by atomic mass is 16.5. The van der Waals surface area contributed by atoms with Crippen molar-refractivity contribution in [3.63, 3.8) is 0 Å². The predicted octanol–water partition coefficient (Wildman–Crippen LogP) is 34.9. The predicted molar refractivity (Wildman–Crippen MR) is 574 cm³/mol. The van der Waals surface area contributed by atoms with Crippen molar-refractivity contribution in [3.8, 4) is 118 Å². The van der Waals surface area contributed by atoms with Gasteiger partial charge in [-0.05, 0) is 287 Å². The van der Waals surface area contributed by atoms with Gasteiger partial charge >= 0.3 is 0 Å². The third-order valence-corrected chi connectivity index (χ3v) is 29.1. The number of fused-ring (bicyclic) bond motifs is 21. The Morgan fingerprint density at radius 3 is 0.804 bits per heavy atom. The average Bonchev–Trinajstić information content (AvgIpc) is 1.36. The van der Waals surface area contributed by atoms with E-state index in [4.69, 9.17) is 29.2 Å². The van der Waals surface area contributed by atoms with Crippen LogP contribution < -0.4 is 14.2 Å². The molecule has 9 nitrogen and oxygen atoms in total. The third kappa shape index (κ3) is 12.0. The fourth-order valence-electron chi connectivity index (χ4n) is 23.1. The first kappa shape index (κ1) is 78.8. The molecule has 27 aromatic rings. The Bertz CT molecular complexity index is 9760. The molecule has 3 aromatic heterocycles. The van der Waals surface area contributed by atoms with E-state index in [9.17, 15) is 0 Å². The van der Waals surface area contributed by atoms with E-state index in [1.165, 1.54) is 179 Å². The van der Waals surface area contributed by atoms with Crippen molar-refractivity contribution in [2.45, 2.75) is 40.0 Å². The lowest BCUT2D eigenvalue weighted by Crippen LogP contribution is -2.07. The average molecular weight is 1770 g/mol. The highest BCUT2D eigenvalue weighted by molar-refractivity contribution is 6.28. The van der Waals surface area contributed by atoms with E-state index in [1.807, 2.05) is 36.4 Å². The summed E-state index contributed by atoms with van der Waals surface area (Å²) in [5.41, 5.74) is 23.8. The van der Waals surface area contributed by atoms with Crippen molar-refractivity contribution >= 4 is 162 Å². The number of para-hydroxylation sites is 3. The van der Waals surface area contributed by atoms with Crippen LogP contribution in [0.2, 0.25) is 0 Å². The quantitative estimate of drug-likeness (QED) is 0.106. The van der Waals surface area contributed by atoms with Gasteiger partial charge in [0.05, 0.1) is 33.6 Å². The van der Waals surface area contributed by atoms with Gasteiger partial charge in [0.1, 0.15) is 34.0 Å². The Balaban J connectivity index is 0.000000102. The van der Waals surface area contributed by atoms with Crippen LogP contribution in [-0.4, -0.2) is 28.7 Å². The van der Waals surface area contributed by atoms with Crippen LogP contribution in [0.4, 0.5) is 0 Å². The lowest BCUT2D eigenvalue weighted by Gasteiger charge is -2.23. The van der Waals surface area contributed by atoms with Gasteiger partial charge in [-0.15, -0.1) is 0 Å². The van der Waals surface area contributed by atoms with Gasteiger partial charge in [-0.3, -0.25) is 13.7 Å². The van der Waals surface area contributed by atoms with Gasteiger partial charge in [-0.2, -0.15) is 0 Å². The number of aryl methyl sites for hydroxylation is 3. The van der Waals surface area contributed by atoms with Gasteiger partial charge in [-0.25, -0.2) is 15.0 Å². The molecule has 3 aliphatic heterocycles. The monoisotopic (exact) mass is 1760 g/mol. The molecule has 0 radical (unpaired) electrons. The van der Waals surface area contributed by atoms with E-state index in [1.54, 1.807) is 0 Å². The normalized spacial score (nSPS) is 12.3. The second kappa shape index (κ2) is 31.2. The molecule has 0 bridgehead atoms. The molecule has 0 spiro atoms. The van der Waals surface area contributed by atoms with Crippen LogP contribution in [0.5, 0.6) is 34.5 Å². The van der Waals surface area contributed by atoms with Crippen LogP contribution in [0.25, 0.3) is 246 Å². The van der Waals surface area contributed by atoms with Crippen LogP contribution in [0, 0.1) is 0 Å². The lowest BCUT2D eigenvalue weighted by atomic mass is 9.83. The Kier molecular flexibility index (Phi) is 17.8. The SMILES string of the molecule is CCc1nc2cccc3c2n1-c1cc(-c2c4ccccc4c(-c4cc5ccccc5c5ccccc45)c4ccccc24)ccc1O3.CCc1nc2cccc3c2n1-c1cc(-c2c4ccccc4c(-c4ccc5c(ccc6ccccc65)c4)c4ccccc24)ccc1O3.CCc1nc2cccc3c2n1-c1cc(-c2c4ccccc4c(-c4ccc5ccc6ccccc6c5c4)c4ccccc24)ccc1O3. The molecule has 24 aromatic carbocycles. The standard InChI is InChI=1S/3C43H28N2O/c1-2-40-44-36-16-9-17-39-43(36)45(40)37-25-29(21-23-38(37)46-39)42-34-14-7-5-12-32(34)41(33-13-6-8-15-35(33)42)28-20-22-31-27(24-28)19-18-26-10-3-4-11-30(26)31;1-2-40-44-36-16-9-17-39-43(36)45(40)37-25-29(22-23-38(37)46-39)42-33-14-7-5-12-31(33)41(32-13-6-8-15-34(32)42)28-21-20-27-19-18-26-10-3-4-11-30(26)35(27)24-28;1-2-40-44-36-20-11-21-39-43(36)45(40)37-25-27(22-23-38(37)46-39)41-31-16-7-9-18-33(31)42(34-19-10-8-17-32(34)41)35-24-26-12-3-4-13-28(26)29-14-5-6-15-30(29)35/h3*3-25H,2H2,1H3. The van der Waals surface area contributed by atoms with E-state index in [-0.39, 0.29) is 0 Å². The molecule has 3 aliphatic rings. The summed E-state index contributed by atoms with van der Waals surface area (Å²) in [7, 11) is 0. The molecule has 6 heterocycles. The number of ether oxygens (including phenoxy) is 3. The number of nitrogens with zero attached hydrogens (tertiary/aromatic N) is 6. The molecule has 648 valence electrons. The molecule has 0 saturated heterocycles. The number of hydrogen-bond donors (Lipinski definition) is 0. The summed E-state index contributed by atoms with van der Waals surface area (Å²) in [6, 6.07) is 152. The maximum absolute atomic E-state index is 6.47. The Morgan fingerprint density at radius 1 is 0.181 bits per heavy atom. The maximum Gasteiger partial charge on any atom is 0.153 e. The van der Waals surface area contributed by atoms with Crippen molar-refractivity contribution < 1.29 is 14.2 Å². The second-order valence-corrected chi connectivity index (χ2v) is 36.5. The first-order chi connectivity index (χ1) is 68.3. The molecule has 30 rings (SSSR count). The molecule has 0 amide bonds. The van der Waals surface area contributed by atoms with Gasteiger partial charge in [0.15, 0.2) is 34.5 Å². The van der Waals surface area contributed by atoms with Gasteiger partial charge in [0.25, 0.3) is 0 Å². The molecule has 0 unspecified atom stereocenters. The van der Waals surface area contributed by atoms with Crippen molar-refractivity contribution in [2.75, 3.05) is 0 Å². The summed E-state index contributed by atoms with van der Waals surface area (Å²) in [6.45, 7) is 6.50. The fraction of sp³-hybridized carbons (Fsp3) is 0.0465. The number of imidazole rings is 3. The largest absolute Gasteiger partial charge is 0.453 e. The minimum absolute atomic E-state index is 0.831. The molecule has 9 heteroatoms. The zero-order valence-corrected chi connectivity index (χ0v) is 75.9. The zero-order valence-electron chi connectivity index (χ0n) is 75.9. The van der Waals surface area contributed by atoms with E-state index in [0.717, 1.165) is 138 Å². The minimum Gasteiger partial charge on any atom is -0.453 e. The Labute approximate surface area is 794 Å². The Hall–Kier alpha value is -17.8. The zero-order chi connectivity index (χ0) is 91.1. The van der Waals surface area contributed by atoms with Crippen LogP contribution in [-0.2, 0) is 19.3 Å². The summed E-state index contributed by atoms with van der Waals surface area (Å²) in [5, 5.41) is 30.1. The Morgan fingerprint density at radius 2 is 0.435 bits per heavy atom. The van der Waals surface area contributed by atoms with Crippen molar-refractivity contribution in [3.05, 3.63) is 436 Å². The summed E-state index contributed by atoms with van der Waals surface area (Å²) in [5.74, 6) is 8.24. The van der Waals surface area contributed by atoms with Gasteiger partial charge < -0.3 is 14.2 Å². The molecular weight excluding hydrogens is 1680 g/mol. The van der Waals surface area contributed by atoms with E-state index >= 15 is 0 Å². The lowest BCUT2D eigenvalue weighted by molar-refractivity contribution is 0.474. The molecule has 138 heavy (non-hydrogen) atoms. The topological polar surface area (TPSA) is 81.1 Å². The highest BCUT2D eigenvalue weighted by Gasteiger charge is 2.32. The molecule has 0 saturated carbocycles. The molecule has 0 fully saturated rings. The van der Waals surface area contributed by atoms with Crippen molar-refractivity contribution in [1.82, 2.24) is 28.7 Å². The van der Waals surface area contributed by atoms with Crippen LogP contribution in [0.3, 0.4) is 0 Å². The van der Waals surface area contributed by atoms with E-state index in [2.05, 4.69) is 417 Å². The smallest absolute Gasteiger partial charge is 0.153 e. The number of hydrogen-bond acceptors (Lipinski definition) is 6. The first-order valence-corrected chi connectivity index (χ1v) is 47.9. The second-order valence-electron chi connectivity index (χ2n) is 36.5. The molecule has 0 atom stereocenters. The van der Waals surface area contributed by atoms with Gasteiger partial charge in [0, 0.05) is 19.3 Å². The van der Waals surface area contributed by atoms with Crippen LogP contribution >= 0.6 is 0 Å². The number of rotatable bonds is 9. The highest BCUT2D eigenvalue weighted by Crippen LogP contribution is 2.55. The third-order valence-electron chi connectivity index (χ3n) is 29.1. The van der Waals surface area contributed by atoms with Gasteiger partial charge in [-0.1, -0.05) is 348 Å². The minimum atomic E-state index is 0.831. The molecular formula is C129H84N6O3. The fourth-order valence-corrected chi connectivity index (χ4v) is 23.1. The number of benzene rings is 24. The van der Waals surface area contributed by atoms with Crippen molar-refractivity contribution in [2.24, 2.45) is 0 Å². The molecule has 0 aliphatic carbocycles. The van der Waals surface area contributed by atoms with E-state index in [0.29, 0.717) is 0 Å². The van der Waals surface area contributed by atoms with Gasteiger partial charge in [0.2, 0.25) is 0 Å². The summed E-state index contributed by atoms with van der Waals surface area (Å²) >= 11 is 0. The van der Waals surface area contributed by atoms with Crippen LogP contribution in [0.1, 0.15) is 38.2 Å².